The first-order valence-corrected chi connectivity index (χ1v) is 6.35. The van der Waals surface area contributed by atoms with E-state index in [1.807, 2.05) is 10.9 Å². The number of nitrogens with zero attached hydrogens (tertiary/aromatic N) is 3. The predicted molar refractivity (Wildman–Crippen MR) is 64.8 cm³/mol. The Labute approximate surface area is 101 Å². The third-order valence-corrected chi connectivity index (χ3v) is 3.29. The third kappa shape index (κ3) is 1.77. The molecule has 3 rings (SSSR count). The van der Waals surface area contributed by atoms with Crippen molar-refractivity contribution < 1.29 is 4.52 Å². The molecule has 90 valence electrons. The van der Waals surface area contributed by atoms with Crippen LogP contribution in [0.2, 0.25) is 0 Å². The zero-order valence-electron chi connectivity index (χ0n) is 10.3. The minimum atomic E-state index is 0.574. The summed E-state index contributed by atoms with van der Waals surface area (Å²) in [5.74, 6) is 1.62. The van der Waals surface area contributed by atoms with Crippen LogP contribution in [-0.4, -0.2) is 14.9 Å². The van der Waals surface area contributed by atoms with Crippen LogP contribution in [0.4, 0.5) is 0 Å². The van der Waals surface area contributed by atoms with E-state index in [4.69, 9.17) is 4.52 Å². The van der Waals surface area contributed by atoms with E-state index in [9.17, 15) is 0 Å². The number of hydrogen-bond donors (Lipinski definition) is 0. The van der Waals surface area contributed by atoms with Gasteiger partial charge in [-0.1, -0.05) is 12.1 Å². The molecule has 1 aliphatic carbocycles. The Kier molecular flexibility index (Phi) is 2.50. The maximum Gasteiger partial charge on any atom is 0.149 e. The molecule has 0 unspecified atom stereocenters. The molecule has 2 heterocycles. The van der Waals surface area contributed by atoms with Crippen molar-refractivity contribution in [3.8, 4) is 11.3 Å². The Morgan fingerprint density at radius 1 is 1.41 bits per heavy atom. The van der Waals surface area contributed by atoms with Gasteiger partial charge in [0, 0.05) is 18.7 Å². The van der Waals surface area contributed by atoms with Crippen molar-refractivity contribution in [3.05, 3.63) is 23.7 Å². The van der Waals surface area contributed by atoms with Crippen LogP contribution >= 0.6 is 0 Å². The monoisotopic (exact) mass is 231 g/mol. The lowest BCUT2D eigenvalue weighted by molar-refractivity contribution is 0.379. The first-order chi connectivity index (χ1) is 8.33. The quantitative estimate of drug-likeness (QED) is 0.812. The summed E-state index contributed by atoms with van der Waals surface area (Å²) in [4.78, 5) is 0. The average Bonchev–Trinajstić information content (AvgIpc) is 2.95. The lowest BCUT2D eigenvalue weighted by Crippen LogP contribution is -1.95. The number of aromatic nitrogens is 3. The molecular weight excluding hydrogens is 214 g/mol. The third-order valence-electron chi connectivity index (χ3n) is 3.29. The van der Waals surface area contributed by atoms with Gasteiger partial charge in [-0.25, -0.2) is 0 Å². The van der Waals surface area contributed by atoms with Gasteiger partial charge in [0.05, 0.1) is 17.0 Å². The van der Waals surface area contributed by atoms with Gasteiger partial charge in [0.15, 0.2) is 0 Å². The maximum atomic E-state index is 5.51. The van der Waals surface area contributed by atoms with Crippen molar-refractivity contribution in [3.63, 3.8) is 0 Å². The smallest absolute Gasteiger partial charge is 0.149 e. The van der Waals surface area contributed by atoms with Crippen LogP contribution in [0.5, 0.6) is 0 Å². The largest absolute Gasteiger partial charge is 0.360 e. The number of aryl methyl sites for hydroxylation is 2. The summed E-state index contributed by atoms with van der Waals surface area (Å²) in [5.41, 5.74) is 3.18. The highest BCUT2D eigenvalue weighted by Crippen LogP contribution is 2.45. The molecule has 0 aromatic carbocycles. The first-order valence-electron chi connectivity index (χ1n) is 6.35. The summed E-state index contributed by atoms with van der Waals surface area (Å²) in [7, 11) is 0. The molecule has 1 fully saturated rings. The molecule has 0 saturated heterocycles. The molecule has 1 aliphatic rings. The van der Waals surface area contributed by atoms with E-state index in [-0.39, 0.29) is 0 Å². The lowest BCUT2D eigenvalue weighted by atomic mass is 10.1. The lowest BCUT2D eigenvalue weighted by Gasteiger charge is -1.98. The van der Waals surface area contributed by atoms with Crippen LogP contribution in [-0.2, 0) is 13.0 Å². The van der Waals surface area contributed by atoms with Crippen molar-refractivity contribution in [2.75, 3.05) is 0 Å². The second-order valence-corrected chi connectivity index (χ2v) is 4.55. The van der Waals surface area contributed by atoms with Crippen molar-refractivity contribution in [2.45, 2.75) is 45.6 Å². The highest BCUT2D eigenvalue weighted by atomic mass is 16.5. The van der Waals surface area contributed by atoms with Gasteiger partial charge in [0.25, 0.3) is 0 Å². The van der Waals surface area contributed by atoms with Gasteiger partial charge in [0.1, 0.15) is 5.76 Å². The summed E-state index contributed by atoms with van der Waals surface area (Å²) >= 11 is 0. The van der Waals surface area contributed by atoms with Gasteiger partial charge in [-0.05, 0) is 32.3 Å². The van der Waals surface area contributed by atoms with Gasteiger partial charge in [-0.15, -0.1) is 0 Å². The van der Waals surface area contributed by atoms with E-state index < -0.39 is 0 Å². The Morgan fingerprint density at radius 3 is 2.82 bits per heavy atom. The van der Waals surface area contributed by atoms with Gasteiger partial charge in [0.2, 0.25) is 0 Å². The number of hydrogen-bond acceptors (Lipinski definition) is 3. The molecule has 0 N–H and O–H groups in total. The molecular formula is C13H17N3O. The Bertz CT molecular complexity index is 523. The Hall–Kier alpha value is -1.58. The molecule has 0 atom stereocenters. The second-order valence-electron chi connectivity index (χ2n) is 4.55. The highest BCUT2D eigenvalue weighted by Gasteiger charge is 2.33. The fourth-order valence-electron chi connectivity index (χ4n) is 2.15. The summed E-state index contributed by atoms with van der Waals surface area (Å²) in [6.07, 6.45) is 5.35. The normalized spacial score (nSPS) is 15.4. The van der Waals surface area contributed by atoms with E-state index in [0.29, 0.717) is 5.92 Å². The van der Waals surface area contributed by atoms with Crippen LogP contribution in [0.15, 0.2) is 16.8 Å². The molecule has 1 saturated carbocycles. The van der Waals surface area contributed by atoms with E-state index in [2.05, 4.69) is 30.2 Å². The zero-order valence-corrected chi connectivity index (χ0v) is 10.3. The van der Waals surface area contributed by atoms with E-state index in [1.165, 1.54) is 12.8 Å². The van der Waals surface area contributed by atoms with E-state index in [1.54, 1.807) is 0 Å². The fourth-order valence-corrected chi connectivity index (χ4v) is 2.15. The van der Waals surface area contributed by atoms with E-state index >= 15 is 0 Å². The highest BCUT2D eigenvalue weighted by molar-refractivity contribution is 5.65. The minimum absolute atomic E-state index is 0.574. The maximum absolute atomic E-state index is 5.51. The zero-order chi connectivity index (χ0) is 11.8. The first kappa shape index (κ1) is 10.6. The molecule has 0 aliphatic heterocycles. The summed E-state index contributed by atoms with van der Waals surface area (Å²) in [6, 6.07) is 2.06. The van der Waals surface area contributed by atoms with Crippen molar-refractivity contribution >= 4 is 0 Å². The van der Waals surface area contributed by atoms with Crippen LogP contribution in [0.25, 0.3) is 11.3 Å². The van der Waals surface area contributed by atoms with Gasteiger partial charge >= 0.3 is 0 Å². The topological polar surface area (TPSA) is 43.9 Å². The van der Waals surface area contributed by atoms with Gasteiger partial charge < -0.3 is 4.52 Å². The van der Waals surface area contributed by atoms with Crippen LogP contribution < -0.4 is 0 Å². The summed E-state index contributed by atoms with van der Waals surface area (Å²) in [6.45, 7) is 5.09. The van der Waals surface area contributed by atoms with Gasteiger partial charge in [-0.3, -0.25) is 4.68 Å². The predicted octanol–water partition coefficient (Wildman–Crippen LogP) is 3.00. The number of rotatable bonds is 4. The molecule has 0 bridgehead atoms. The Morgan fingerprint density at radius 2 is 2.24 bits per heavy atom. The van der Waals surface area contributed by atoms with Crippen LogP contribution in [0.1, 0.15) is 44.1 Å². The van der Waals surface area contributed by atoms with Crippen LogP contribution in [0.3, 0.4) is 0 Å². The second kappa shape index (κ2) is 4.02. The van der Waals surface area contributed by atoms with Crippen molar-refractivity contribution in [1.82, 2.24) is 14.9 Å². The van der Waals surface area contributed by atoms with Crippen LogP contribution in [0, 0.1) is 0 Å². The SMILES string of the molecule is CCc1noc(C2CC2)c1-c1ccn(CC)n1. The molecule has 2 aromatic heterocycles. The van der Waals surface area contributed by atoms with Crippen molar-refractivity contribution in [1.29, 1.82) is 0 Å². The molecule has 4 heteroatoms. The summed E-state index contributed by atoms with van der Waals surface area (Å²) in [5, 5.41) is 8.75. The molecule has 2 aromatic rings. The molecule has 0 amide bonds. The molecule has 4 nitrogen and oxygen atoms in total. The van der Waals surface area contributed by atoms with E-state index in [0.717, 1.165) is 35.7 Å². The average molecular weight is 231 g/mol. The molecule has 0 spiro atoms. The molecule has 17 heavy (non-hydrogen) atoms. The van der Waals surface area contributed by atoms with Gasteiger partial charge in [-0.2, -0.15) is 5.10 Å². The van der Waals surface area contributed by atoms with Crippen molar-refractivity contribution in [2.24, 2.45) is 0 Å². The standard InChI is InChI=1S/C13H17N3O/c1-3-10-12(11-7-8-16(4-2)14-11)13(17-15-10)9-5-6-9/h7-9H,3-6H2,1-2H3. The Balaban J connectivity index is 2.07. The summed E-state index contributed by atoms with van der Waals surface area (Å²) < 4.78 is 7.45. The minimum Gasteiger partial charge on any atom is -0.360 e. The molecule has 0 radical (unpaired) electrons. The fraction of sp³-hybridized carbons (Fsp3) is 0.538.